The van der Waals surface area contributed by atoms with E-state index < -0.39 is 0 Å². The lowest BCUT2D eigenvalue weighted by molar-refractivity contribution is 0.415. The van der Waals surface area contributed by atoms with Gasteiger partial charge in [-0.3, -0.25) is 4.79 Å². The number of ether oxygens (including phenoxy) is 1. The average Bonchev–Trinajstić information content (AvgIpc) is 2.92. The Morgan fingerprint density at radius 2 is 2.05 bits per heavy atom. The van der Waals surface area contributed by atoms with Gasteiger partial charge in [0.1, 0.15) is 22.2 Å². The summed E-state index contributed by atoms with van der Waals surface area (Å²) in [6.45, 7) is 0. The second kappa shape index (κ2) is 4.83. The molecule has 1 N–H and O–H groups in total. The van der Waals surface area contributed by atoms with Crippen molar-refractivity contribution in [3.05, 3.63) is 51.6 Å². The van der Waals surface area contributed by atoms with Crippen LogP contribution in [0.2, 0.25) is 0 Å². The molecule has 1 aromatic carbocycles. The second-order valence-corrected chi connectivity index (χ2v) is 5.10. The number of pyridine rings is 1. The molecule has 0 amide bonds. The normalized spacial score (nSPS) is 10.4. The maximum atomic E-state index is 12.3. The van der Waals surface area contributed by atoms with E-state index in [2.05, 4.69) is 4.98 Å². The van der Waals surface area contributed by atoms with Crippen molar-refractivity contribution >= 4 is 21.6 Å². The number of benzene rings is 1. The van der Waals surface area contributed by atoms with E-state index in [1.54, 1.807) is 7.11 Å². The van der Waals surface area contributed by atoms with E-state index in [1.807, 2.05) is 35.7 Å². The van der Waals surface area contributed by atoms with Crippen LogP contribution in [0.15, 0.2) is 40.6 Å². The number of H-pyrrole nitrogens is 1. The molecule has 0 aliphatic rings. The zero-order valence-corrected chi connectivity index (χ0v) is 11.5. The Bertz CT molecular complexity index is 870. The number of nitrogens with one attached hydrogen (secondary N) is 1. The van der Waals surface area contributed by atoms with Crippen LogP contribution in [0, 0.1) is 11.3 Å². The molecule has 2 heterocycles. The van der Waals surface area contributed by atoms with Crippen molar-refractivity contribution < 1.29 is 4.74 Å². The van der Waals surface area contributed by atoms with Crippen molar-refractivity contribution in [3.8, 4) is 22.9 Å². The summed E-state index contributed by atoms with van der Waals surface area (Å²) < 4.78 is 5.13. The van der Waals surface area contributed by atoms with E-state index in [0.717, 1.165) is 21.7 Å². The number of rotatable bonds is 2. The molecule has 0 saturated carbocycles. The summed E-state index contributed by atoms with van der Waals surface area (Å²) in [5.41, 5.74) is 1.67. The molecular weight excluding hydrogens is 272 g/mol. The van der Waals surface area contributed by atoms with E-state index in [-0.39, 0.29) is 11.0 Å². The molecule has 0 saturated heterocycles. The Kier molecular flexibility index (Phi) is 3.01. The Hall–Kier alpha value is -2.58. The monoisotopic (exact) mass is 282 g/mol. The van der Waals surface area contributed by atoms with Crippen molar-refractivity contribution in [1.29, 1.82) is 5.26 Å². The third-order valence-electron chi connectivity index (χ3n) is 3.13. The van der Waals surface area contributed by atoms with Gasteiger partial charge in [0, 0.05) is 17.1 Å². The van der Waals surface area contributed by atoms with Gasteiger partial charge in [-0.1, -0.05) is 12.1 Å². The molecule has 0 aliphatic heterocycles. The van der Waals surface area contributed by atoms with Gasteiger partial charge < -0.3 is 9.72 Å². The number of methoxy groups -OCH3 is 1. The van der Waals surface area contributed by atoms with Crippen molar-refractivity contribution in [2.45, 2.75) is 0 Å². The van der Waals surface area contributed by atoms with Gasteiger partial charge in [-0.2, -0.15) is 5.26 Å². The predicted molar refractivity (Wildman–Crippen MR) is 79.1 cm³/mol. The van der Waals surface area contributed by atoms with Crippen LogP contribution in [-0.4, -0.2) is 12.1 Å². The Morgan fingerprint density at radius 1 is 1.30 bits per heavy atom. The first-order valence-electron chi connectivity index (χ1n) is 5.92. The summed E-state index contributed by atoms with van der Waals surface area (Å²) in [7, 11) is 1.61. The van der Waals surface area contributed by atoms with Crippen molar-refractivity contribution in [1.82, 2.24) is 4.98 Å². The highest BCUT2D eigenvalue weighted by Gasteiger charge is 2.13. The SMILES string of the molecule is COc1ccc(-c2csc3[nH]cc(C#N)c(=O)c23)cc1. The first-order chi connectivity index (χ1) is 9.74. The minimum absolute atomic E-state index is 0.130. The summed E-state index contributed by atoms with van der Waals surface area (Å²) in [6, 6.07) is 9.41. The fourth-order valence-electron chi connectivity index (χ4n) is 2.09. The van der Waals surface area contributed by atoms with Gasteiger partial charge in [0.15, 0.2) is 0 Å². The van der Waals surface area contributed by atoms with Gasteiger partial charge in [-0.15, -0.1) is 11.3 Å². The largest absolute Gasteiger partial charge is 0.497 e. The second-order valence-electron chi connectivity index (χ2n) is 4.23. The lowest BCUT2D eigenvalue weighted by Gasteiger charge is -2.02. The van der Waals surface area contributed by atoms with Crippen LogP contribution in [-0.2, 0) is 0 Å². The number of nitrogens with zero attached hydrogens (tertiary/aromatic N) is 1. The van der Waals surface area contributed by atoms with Gasteiger partial charge in [0.2, 0.25) is 5.43 Å². The molecule has 0 atom stereocenters. The number of aromatic amines is 1. The zero-order chi connectivity index (χ0) is 14.1. The number of nitriles is 1. The first-order valence-corrected chi connectivity index (χ1v) is 6.80. The third kappa shape index (κ3) is 1.87. The Balaban J connectivity index is 2.26. The molecule has 3 rings (SSSR count). The summed E-state index contributed by atoms with van der Waals surface area (Å²) in [4.78, 5) is 16.1. The van der Waals surface area contributed by atoms with Gasteiger partial charge >= 0.3 is 0 Å². The molecule has 0 radical (unpaired) electrons. The van der Waals surface area contributed by atoms with Crippen molar-refractivity contribution in [2.75, 3.05) is 7.11 Å². The minimum atomic E-state index is -0.228. The van der Waals surface area contributed by atoms with Gasteiger partial charge in [-0.05, 0) is 17.7 Å². The van der Waals surface area contributed by atoms with Crippen molar-refractivity contribution in [2.24, 2.45) is 0 Å². The molecule has 0 fully saturated rings. The summed E-state index contributed by atoms with van der Waals surface area (Å²) in [6.07, 6.45) is 1.46. The van der Waals surface area contributed by atoms with E-state index in [0.29, 0.717) is 5.39 Å². The predicted octanol–water partition coefficient (Wildman–Crippen LogP) is 3.14. The molecule has 3 aromatic rings. The Morgan fingerprint density at radius 3 is 2.70 bits per heavy atom. The summed E-state index contributed by atoms with van der Waals surface area (Å²) in [5.74, 6) is 0.764. The molecule has 0 spiro atoms. The van der Waals surface area contributed by atoms with Gasteiger partial charge in [0.05, 0.1) is 12.5 Å². The highest BCUT2D eigenvalue weighted by Crippen LogP contribution is 2.31. The highest BCUT2D eigenvalue weighted by atomic mass is 32.1. The number of aromatic nitrogens is 1. The van der Waals surface area contributed by atoms with E-state index in [4.69, 9.17) is 10.00 Å². The van der Waals surface area contributed by atoms with E-state index in [9.17, 15) is 4.79 Å². The lowest BCUT2D eigenvalue weighted by Crippen LogP contribution is -2.06. The molecule has 20 heavy (non-hydrogen) atoms. The quantitative estimate of drug-likeness (QED) is 0.785. The average molecular weight is 282 g/mol. The summed E-state index contributed by atoms with van der Waals surface area (Å²) >= 11 is 1.46. The minimum Gasteiger partial charge on any atom is -0.497 e. The van der Waals surface area contributed by atoms with Crippen LogP contribution >= 0.6 is 11.3 Å². The summed E-state index contributed by atoms with van der Waals surface area (Å²) in [5, 5.41) is 11.5. The van der Waals surface area contributed by atoms with Crippen LogP contribution in [0.3, 0.4) is 0 Å². The number of hydrogen-bond acceptors (Lipinski definition) is 4. The fraction of sp³-hybridized carbons (Fsp3) is 0.0667. The van der Waals surface area contributed by atoms with Crippen LogP contribution in [0.5, 0.6) is 5.75 Å². The highest BCUT2D eigenvalue weighted by molar-refractivity contribution is 7.17. The molecule has 0 unspecified atom stereocenters. The number of hydrogen-bond donors (Lipinski definition) is 1. The van der Waals surface area contributed by atoms with Gasteiger partial charge in [-0.25, -0.2) is 0 Å². The lowest BCUT2D eigenvalue weighted by atomic mass is 10.0. The molecule has 0 aliphatic carbocycles. The standard InChI is InChI=1S/C15H10N2O2S/c1-19-11-4-2-9(3-5-11)12-8-20-15-13(12)14(18)10(6-16)7-17-15/h2-5,7-8H,1H3,(H,17,18). The topological polar surface area (TPSA) is 65.9 Å². The third-order valence-corrected chi connectivity index (χ3v) is 4.04. The van der Waals surface area contributed by atoms with Crippen LogP contribution in [0.4, 0.5) is 0 Å². The smallest absolute Gasteiger partial charge is 0.208 e. The van der Waals surface area contributed by atoms with Gasteiger partial charge in [0.25, 0.3) is 0 Å². The maximum Gasteiger partial charge on any atom is 0.208 e. The number of thiophene rings is 1. The molecular formula is C15H10N2O2S. The molecule has 98 valence electrons. The first kappa shape index (κ1) is 12.5. The van der Waals surface area contributed by atoms with Crippen LogP contribution < -0.4 is 10.2 Å². The van der Waals surface area contributed by atoms with Crippen LogP contribution in [0.1, 0.15) is 5.56 Å². The van der Waals surface area contributed by atoms with E-state index in [1.165, 1.54) is 17.5 Å². The van der Waals surface area contributed by atoms with E-state index >= 15 is 0 Å². The zero-order valence-electron chi connectivity index (χ0n) is 10.6. The fourth-order valence-corrected chi connectivity index (χ4v) is 3.03. The van der Waals surface area contributed by atoms with Crippen LogP contribution in [0.25, 0.3) is 21.3 Å². The van der Waals surface area contributed by atoms with Crippen molar-refractivity contribution in [3.63, 3.8) is 0 Å². The Labute approximate surface area is 118 Å². The molecule has 5 heteroatoms. The molecule has 4 nitrogen and oxygen atoms in total. The number of fused-ring (bicyclic) bond motifs is 1. The maximum absolute atomic E-state index is 12.3. The molecule has 0 bridgehead atoms. The molecule has 2 aromatic heterocycles.